The molecule has 0 N–H and O–H groups in total. The van der Waals surface area contributed by atoms with Crippen molar-refractivity contribution < 1.29 is 4.79 Å². The number of unbranched alkanes of at least 4 members (excludes halogenated alkanes) is 4. The van der Waals surface area contributed by atoms with Crippen molar-refractivity contribution in [1.82, 2.24) is 4.90 Å². The first kappa shape index (κ1) is 21.4. The maximum absolute atomic E-state index is 9.06. The first-order valence-corrected chi connectivity index (χ1v) is 10.3. The second-order valence-electron chi connectivity index (χ2n) is 8.20. The van der Waals surface area contributed by atoms with Crippen LogP contribution in [0.1, 0.15) is 84.0 Å². The molecular formula is C22H41NO. The molecule has 2 heteroatoms. The Morgan fingerprint density at radius 1 is 0.958 bits per heavy atom. The number of carbonyl (C=O) groups is 1. The SMILES string of the molecule is C=CC=O.CCCCCCCC1CCC2CC(N(C)C)CCC2C1. The Kier molecular flexibility index (Phi) is 11.3. The number of nitrogens with zero attached hydrogens (tertiary/aromatic N) is 1. The fourth-order valence-corrected chi connectivity index (χ4v) is 4.73. The number of aldehydes is 1. The normalized spacial score (nSPS) is 29.3. The fraction of sp³-hybridized carbons (Fsp3) is 0.864. The van der Waals surface area contributed by atoms with Crippen LogP contribution in [0.15, 0.2) is 12.7 Å². The van der Waals surface area contributed by atoms with Crippen molar-refractivity contribution in [1.29, 1.82) is 0 Å². The maximum atomic E-state index is 9.06. The third-order valence-corrected chi connectivity index (χ3v) is 6.24. The average molecular weight is 336 g/mol. The van der Waals surface area contributed by atoms with Gasteiger partial charge in [0.25, 0.3) is 0 Å². The topological polar surface area (TPSA) is 20.3 Å². The summed E-state index contributed by atoms with van der Waals surface area (Å²) in [5.41, 5.74) is 0. The molecule has 2 saturated carbocycles. The third-order valence-electron chi connectivity index (χ3n) is 6.24. The van der Waals surface area contributed by atoms with E-state index in [4.69, 9.17) is 4.79 Å². The number of hydrogen-bond donors (Lipinski definition) is 0. The number of rotatable bonds is 8. The molecule has 0 aromatic rings. The van der Waals surface area contributed by atoms with E-state index in [0.717, 1.165) is 23.8 Å². The Labute approximate surface area is 151 Å². The summed E-state index contributed by atoms with van der Waals surface area (Å²) in [5, 5.41) is 0. The highest BCUT2D eigenvalue weighted by Crippen LogP contribution is 2.44. The van der Waals surface area contributed by atoms with Crippen LogP contribution in [0, 0.1) is 17.8 Å². The van der Waals surface area contributed by atoms with E-state index in [1.165, 1.54) is 76.7 Å². The summed E-state index contributed by atoms with van der Waals surface area (Å²) in [6.45, 7) is 5.42. The molecule has 0 saturated heterocycles. The van der Waals surface area contributed by atoms with Gasteiger partial charge in [-0.1, -0.05) is 58.4 Å². The van der Waals surface area contributed by atoms with Crippen molar-refractivity contribution in [2.45, 2.75) is 90.0 Å². The minimum atomic E-state index is 0.639. The minimum absolute atomic E-state index is 0.639. The standard InChI is InChI=1S/C19H37N.C3H4O/c1-4-5-6-7-8-9-16-10-11-18-15-19(20(2)3)13-12-17(18)14-16;1-2-3-4/h16-19H,4-15H2,1-3H3;2-3H,1H2. The van der Waals surface area contributed by atoms with Crippen LogP contribution < -0.4 is 0 Å². The van der Waals surface area contributed by atoms with Crippen LogP contribution in [0.25, 0.3) is 0 Å². The summed E-state index contributed by atoms with van der Waals surface area (Å²) in [6, 6.07) is 0.877. The Morgan fingerprint density at radius 2 is 1.58 bits per heavy atom. The molecule has 2 aliphatic carbocycles. The average Bonchev–Trinajstić information content (AvgIpc) is 2.61. The van der Waals surface area contributed by atoms with E-state index >= 15 is 0 Å². The lowest BCUT2D eigenvalue weighted by Crippen LogP contribution is -2.39. The lowest BCUT2D eigenvalue weighted by Gasteiger charge is -2.44. The molecule has 0 amide bonds. The summed E-state index contributed by atoms with van der Waals surface area (Å²) in [7, 11) is 4.54. The van der Waals surface area contributed by atoms with Crippen molar-refractivity contribution in [2.24, 2.45) is 17.8 Å². The number of carbonyl (C=O) groups excluding carboxylic acids is 1. The molecule has 0 bridgehead atoms. The van der Waals surface area contributed by atoms with Gasteiger partial charge < -0.3 is 4.90 Å². The van der Waals surface area contributed by atoms with Gasteiger partial charge in [0, 0.05) is 6.04 Å². The van der Waals surface area contributed by atoms with Crippen LogP contribution in [0.5, 0.6) is 0 Å². The molecule has 0 radical (unpaired) electrons. The zero-order valence-corrected chi connectivity index (χ0v) is 16.5. The Morgan fingerprint density at radius 3 is 2.21 bits per heavy atom. The highest BCUT2D eigenvalue weighted by molar-refractivity contribution is 5.63. The maximum Gasteiger partial charge on any atom is 0.142 e. The second-order valence-corrected chi connectivity index (χ2v) is 8.20. The summed E-state index contributed by atoms with van der Waals surface area (Å²) in [5.74, 6) is 3.22. The first-order valence-electron chi connectivity index (χ1n) is 10.3. The van der Waals surface area contributed by atoms with E-state index in [1.54, 1.807) is 6.42 Å². The zero-order valence-electron chi connectivity index (χ0n) is 16.5. The third kappa shape index (κ3) is 7.96. The smallest absolute Gasteiger partial charge is 0.142 e. The fourth-order valence-electron chi connectivity index (χ4n) is 4.73. The number of allylic oxidation sites excluding steroid dienone is 1. The molecule has 4 atom stereocenters. The van der Waals surface area contributed by atoms with E-state index in [9.17, 15) is 0 Å². The number of hydrogen-bond acceptors (Lipinski definition) is 2. The van der Waals surface area contributed by atoms with Gasteiger partial charge in [-0.25, -0.2) is 0 Å². The molecule has 4 unspecified atom stereocenters. The predicted octanol–water partition coefficient (Wildman–Crippen LogP) is 5.86. The van der Waals surface area contributed by atoms with Gasteiger partial charge in [0.05, 0.1) is 0 Å². The molecule has 2 fully saturated rings. The molecule has 2 rings (SSSR count). The molecule has 2 nitrogen and oxygen atoms in total. The lowest BCUT2D eigenvalue weighted by molar-refractivity contribution is -0.104. The second kappa shape index (κ2) is 12.7. The summed E-state index contributed by atoms with van der Waals surface area (Å²) in [4.78, 5) is 11.5. The van der Waals surface area contributed by atoms with Gasteiger partial charge in [-0.05, 0) is 70.0 Å². The molecule has 0 heterocycles. The quantitative estimate of drug-likeness (QED) is 0.314. The monoisotopic (exact) mass is 335 g/mol. The van der Waals surface area contributed by atoms with E-state index in [2.05, 4.69) is 32.5 Å². The van der Waals surface area contributed by atoms with Crippen LogP contribution in [-0.2, 0) is 4.79 Å². The molecule has 2 aliphatic rings. The molecule has 140 valence electrons. The summed E-state index contributed by atoms with van der Waals surface area (Å²) < 4.78 is 0. The van der Waals surface area contributed by atoms with Gasteiger partial charge in [0.1, 0.15) is 6.29 Å². The molecular weight excluding hydrogens is 294 g/mol. The first-order chi connectivity index (χ1) is 11.6. The van der Waals surface area contributed by atoms with Gasteiger partial charge in [0.2, 0.25) is 0 Å². The molecule has 0 spiro atoms. The van der Waals surface area contributed by atoms with E-state index < -0.39 is 0 Å². The summed E-state index contributed by atoms with van der Waals surface area (Å²) in [6.07, 6.45) is 19.7. The molecule has 24 heavy (non-hydrogen) atoms. The van der Waals surface area contributed by atoms with Crippen molar-refractivity contribution in [3.63, 3.8) is 0 Å². The van der Waals surface area contributed by atoms with Crippen LogP contribution in [-0.4, -0.2) is 31.3 Å². The van der Waals surface area contributed by atoms with Crippen molar-refractivity contribution in [3.8, 4) is 0 Å². The lowest BCUT2D eigenvalue weighted by atomic mass is 9.65. The molecule has 0 aliphatic heterocycles. The van der Waals surface area contributed by atoms with Gasteiger partial charge in [0.15, 0.2) is 0 Å². The van der Waals surface area contributed by atoms with E-state index in [-0.39, 0.29) is 0 Å². The molecule has 0 aromatic heterocycles. The highest BCUT2D eigenvalue weighted by Gasteiger charge is 2.35. The van der Waals surface area contributed by atoms with Gasteiger partial charge in [-0.15, -0.1) is 0 Å². The molecule has 0 aromatic carbocycles. The largest absolute Gasteiger partial charge is 0.306 e. The predicted molar refractivity (Wildman–Crippen MR) is 105 cm³/mol. The van der Waals surface area contributed by atoms with Crippen LogP contribution in [0.3, 0.4) is 0 Å². The van der Waals surface area contributed by atoms with Crippen molar-refractivity contribution in [2.75, 3.05) is 14.1 Å². The van der Waals surface area contributed by atoms with E-state index in [0.29, 0.717) is 6.29 Å². The van der Waals surface area contributed by atoms with Gasteiger partial charge in [-0.2, -0.15) is 0 Å². The van der Waals surface area contributed by atoms with Crippen molar-refractivity contribution >= 4 is 6.29 Å². The van der Waals surface area contributed by atoms with Gasteiger partial charge >= 0.3 is 0 Å². The zero-order chi connectivity index (χ0) is 17.8. The van der Waals surface area contributed by atoms with Crippen LogP contribution >= 0.6 is 0 Å². The van der Waals surface area contributed by atoms with Crippen molar-refractivity contribution in [3.05, 3.63) is 12.7 Å². The minimum Gasteiger partial charge on any atom is -0.306 e. The Bertz CT molecular complexity index is 333. The Hall–Kier alpha value is -0.630. The number of fused-ring (bicyclic) bond motifs is 1. The van der Waals surface area contributed by atoms with Gasteiger partial charge in [-0.3, -0.25) is 4.79 Å². The van der Waals surface area contributed by atoms with E-state index in [1.807, 2.05) is 0 Å². The Balaban J connectivity index is 0.000000648. The van der Waals surface area contributed by atoms with Crippen LogP contribution in [0.4, 0.5) is 0 Å². The highest BCUT2D eigenvalue weighted by atomic mass is 16.1. The van der Waals surface area contributed by atoms with Crippen LogP contribution in [0.2, 0.25) is 0 Å². The summed E-state index contributed by atoms with van der Waals surface area (Å²) >= 11 is 0.